The molecule has 0 atom stereocenters. The number of aromatic nitrogens is 1. The Morgan fingerprint density at radius 1 is 1.27 bits per heavy atom. The molecule has 0 N–H and O–H groups in total. The minimum absolute atomic E-state index is 0.301. The van der Waals surface area contributed by atoms with Crippen molar-refractivity contribution in [2.45, 2.75) is 6.54 Å². The third kappa shape index (κ3) is 3.12. The Labute approximate surface area is 129 Å². The summed E-state index contributed by atoms with van der Waals surface area (Å²) in [6.07, 6.45) is 3.35. The average molecular weight is 301 g/mol. The fraction of sp³-hybridized carbons (Fsp3) is 0.375. The molecule has 0 aliphatic carbocycles. The molecule has 6 heteroatoms. The van der Waals surface area contributed by atoms with Crippen LogP contribution < -0.4 is 4.90 Å². The first-order valence-electron chi connectivity index (χ1n) is 7.31. The highest BCUT2D eigenvalue weighted by Gasteiger charge is 2.22. The summed E-state index contributed by atoms with van der Waals surface area (Å²) >= 11 is 0. The van der Waals surface area contributed by atoms with E-state index in [1.54, 1.807) is 0 Å². The standard InChI is InChI=1S/C16H19N3O3/c1-21-16(20)15-13(5-11-22-15)12-18-7-9-19(10-8-18)14-4-2-3-6-17-14/h2-6,11H,7-10,12H2,1H3. The summed E-state index contributed by atoms with van der Waals surface area (Å²) in [5.74, 6) is 0.891. The Morgan fingerprint density at radius 2 is 2.09 bits per heavy atom. The summed E-state index contributed by atoms with van der Waals surface area (Å²) in [5, 5.41) is 0. The van der Waals surface area contributed by atoms with Crippen LogP contribution >= 0.6 is 0 Å². The van der Waals surface area contributed by atoms with Gasteiger partial charge < -0.3 is 14.1 Å². The van der Waals surface area contributed by atoms with Gasteiger partial charge in [0, 0.05) is 44.5 Å². The van der Waals surface area contributed by atoms with Crippen molar-refractivity contribution in [1.29, 1.82) is 0 Å². The van der Waals surface area contributed by atoms with Crippen molar-refractivity contribution in [3.8, 4) is 0 Å². The number of rotatable bonds is 4. The number of ether oxygens (including phenoxy) is 1. The molecule has 0 saturated carbocycles. The van der Waals surface area contributed by atoms with Gasteiger partial charge >= 0.3 is 5.97 Å². The molecular formula is C16H19N3O3. The smallest absolute Gasteiger partial charge is 0.374 e. The monoisotopic (exact) mass is 301 g/mol. The van der Waals surface area contributed by atoms with Crippen LogP contribution in [-0.2, 0) is 11.3 Å². The predicted octanol–water partition coefficient (Wildman–Crippen LogP) is 1.78. The van der Waals surface area contributed by atoms with Crippen LogP contribution in [0.2, 0.25) is 0 Å². The molecule has 1 fully saturated rings. The number of furan rings is 1. The number of carbonyl (C=O) groups is 1. The summed E-state index contributed by atoms with van der Waals surface area (Å²) in [4.78, 5) is 20.6. The number of carbonyl (C=O) groups excluding carboxylic acids is 1. The molecule has 0 unspecified atom stereocenters. The summed E-state index contributed by atoms with van der Waals surface area (Å²) in [6, 6.07) is 7.79. The molecule has 1 saturated heterocycles. The molecule has 0 spiro atoms. The van der Waals surface area contributed by atoms with E-state index in [1.807, 2.05) is 30.5 Å². The van der Waals surface area contributed by atoms with E-state index in [0.29, 0.717) is 12.3 Å². The van der Waals surface area contributed by atoms with Crippen molar-refractivity contribution >= 4 is 11.8 Å². The van der Waals surface area contributed by atoms with Gasteiger partial charge in [-0.25, -0.2) is 9.78 Å². The van der Waals surface area contributed by atoms with Gasteiger partial charge in [0.05, 0.1) is 13.4 Å². The Morgan fingerprint density at radius 3 is 2.77 bits per heavy atom. The molecule has 6 nitrogen and oxygen atoms in total. The fourth-order valence-corrected chi connectivity index (χ4v) is 2.65. The van der Waals surface area contributed by atoms with Crippen LogP contribution in [0.4, 0.5) is 5.82 Å². The van der Waals surface area contributed by atoms with Gasteiger partial charge in [-0.05, 0) is 18.2 Å². The quantitative estimate of drug-likeness (QED) is 0.802. The number of hydrogen-bond donors (Lipinski definition) is 0. The molecule has 116 valence electrons. The molecule has 2 aromatic heterocycles. The maximum absolute atomic E-state index is 11.6. The van der Waals surface area contributed by atoms with Crippen molar-refractivity contribution in [3.05, 3.63) is 48.0 Å². The Balaban J connectivity index is 1.59. The average Bonchev–Trinajstić information content (AvgIpc) is 3.04. The molecule has 3 heterocycles. The topological polar surface area (TPSA) is 58.8 Å². The van der Waals surface area contributed by atoms with Crippen molar-refractivity contribution < 1.29 is 13.9 Å². The van der Waals surface area contributed by atoms with E-state index in [1.165, 1.54) is 13.4 Å². The largest absolute Gasteiger partial charge is 0.463 e. The van der Waals surface area contributed by atoms with Crippen LogP contribution in [0.15, 0.2) is 41.1 Å². The molecular weight excluding hydrogens is 282 g/mol. The highest BCUT2D eigenvalue weighted by Crippen LogP contribution is 2.17. The maximum atomic E-state index is 11.6. The number of nitrogens with zero attached hydrogens (tertiary/aromatic N) is 3. The highest BCUT2D eigenvalue weighted by molar-refractivity contribution is 5.87. The van der Waals surface area contributed by atoms with Crippen LogP contribution in [0.5, 0.6) is 0 Å². The molecule has 1 aliphatic rings. The van der Waals surface area contributed by atoms with E-state index < -0.39 is 5.97 Å². The van der Waals surface area contributed by atoms with Crippen LogP contribution in [0, 0.1) is 0 Å². The van der Waals surface area contributed by atoms with E-state index in [0.717, 1.165) is 37.6 Å². The van der Waals surface area contributed by atoms with E-state index in [9.17, 15) is 4.79 Å². The van der Waals surface area contributed by atoms with Crippen molar-refractivity contribution in [1.82, 2.24) is 9.88 Å². The highest BCUT2D eigenvalue weighted by atomic mass is 16.5. The Bertz CT molecular complexity index is 619. The minimum atomic E-state index is -0.424. The number of pyridine rings is 1. The second kappa shape index (κ2) is 6.62. The van der Waals surface area contributed by atoms with E-state index >= 15 is 0 Å². The number of esters is 1. The van der Waals surface area contributed by atoms with Crippen LogP contribution in [0.1, 0.15) is 16.1 Å². The van der Waals surface area contributed by atoms with Crippen molar-refractivity contribution in [2.24, 2.45) is 0 Å². The molecule has 1 aliphatic heterocycles. The first-order chi connectivity index (χ1) is 10.8. The third-order valence-corrected chi connectivity index (χ3v) is 3.86. The molecule has 22 heavy (non-hydrogen) atoms. The van der Waals surface area contributed by atoms with E-state index in [-0.39, 0.29) is 0 Å². The Hall–Kier alpha value is -2.34. The second-order valence-electron chi connectivity index (χ2n) is 5.22. The Kier molecular flexibility index (Phi) is 4.39. The first-order valence-corrected chi connectivity index (χ1v) is 7.31. The molecule has 0 bridgehead atoms. The molecule has 2 aromatic rings. The van der Waals surface area contributed by atoms with Gasteiger partial charge in [0.1, 0.15) is 5.82 Å². The van der Waals surface area contributed by atoms with Crippen LogP contribution in [-0.4, -0.2) is 49.1 Å². The normalized spacial score (nSPS) is 15.8. The van der Waals surface area contributed by atoms with Gasteiger partial charge in [0.2, 0.25) is 5.76 Å². The lowest BCUT2D eigenvalue weighted by atomic mass is 10.2. The van der Waals surface area contributed by atoms with Crippen molar-refractivity contribution in [2.75, 3.05) is 38.2 Å². The summed E-state index contributed by atoms with van der Waals surface area (Å²) in [6.45, 7) is 4.37. The number of hydrogen-bond acceptors (Lipinski definition) is 6. The predicted molar refractivity (Wildman–Crippen MR) is 81.8 cm³/mol. The molecule has 0 aromatic carbocycles. The van der Waals surface area contributed by atoms with Crippen LogP contribution in [0.3, 0.4) is 0 Å². The lowest BCUT2D eigenvalue weighted by molar-refractivity contribution is 0.0561. The second-order valence-corrected chi connectivity index (χ2v) is 5.22. The van der Waals surface area contributed by atoms with E-state index in [4.69, 9.17) is 9.15 Å². The molecule has 3 rings (SSSR count). The third-order valence-electron chi connectivity index (χ3n) is 3.86. The SMILES string of the molecule is COC(=O)c1occc1CN1CCN(c2ccccn2)CC1. The van der Waals surface area contributed by atoms with Gasteiger partial charge in [0.25, 0.3) is 0 Å². The molecule has 0 amide bonds. The lowest BCUT2D eigenvalue weighted by Gasteiger charge is -2.35. The molecule has 0 radical (unpaired) electrons. The van der Waals surface area contributed by atoms with Gasteiger partial charge in [-0.2, -0.15) is 0 Å². The number of anilines is 1. The van der Waals surface area contributed by atoms with Gasteiger partial charge in [-0.15, -0.1) is 0 Å². The fourth-order valence-electron chi connectivity index (χ4n) is 2.65. The zero-order valence-corrected chi connectivity index (χ0v) is 12.6. The van der Waals surface area contributed by atoms with E-state index in [2.05, 4.69) is 14.8 Å². The number of methoxy groups -OCH3 is 1. The van der Waals surface area contributed by atoms with Gasteiger partial charge in [-0.3, -0.25) is 4.90 Å². The zero-order valence-electron chi connectivity index (χ0n) is 12.6. The van der Waals surface area contributed by atoms with Gasteiger partial charge in [0.15, 0.2) is 0 Å². The maximum Gasteiger partial charge on any atom is 0.374 e. The summed E-state index contributed by atoms with van der Waals surface area (Å²) in [7, 11) is 1.36. The zero-order chi connectivity index (χ0) is 15.4. The van der Waals surface area contributed by atoms with Crippen LogP contribution in [0.25, 0.3) is 0 Å². The summed E-state index contributed by atoms with van der Waals surface area (Å²) < 4.78 is 9.96. The minimum Gasteiger partial charge on any atom is -0.463 e. The number of piperazine rings is 1. The summed E-state index contributed by atoms with van der Waals surface area (Å²) in [5.41, 5.74) is 0.873. The van der Waals surface area contributed by atoms with Gasteiger partial charge in [-0.1, -0.05) is 6.07 Å². The lowest BCUT2D eigenvalue weighted by Crippen LogP contribution is -2.46. The van der Waals surface area contributed by atoms with Crippen molar-refractivity contribution in [3.63, 3.8) is 0 Å². The first kappa shape index (κ1) is 14.6.